The molecule has 0 fully saturated rings. The van der Waals surface area contributed by atoms with Crippen molar-refractivity contribution in [2.45, 2.75) is 86.9 Å². The standard InChI is InChI=1S/C17H31F3O2/c1-10-15(8,9)11-16(13(2,3)4,17(18,19)20)12(21)22-14(5,6)7/h10-11H2,1-9H3. The van der Waals surface area contributed by atoms with Gasteiger partial charge in [-0.1, -0.05) is 48.0 Å². The molecule has 0 aliphatic rings. The Hall–Kier alpha value is -0.740. The van der Waals surface area contributed by atoms with Crippen molar-refractivity contribution in [2.75, 3.05) is 0 Å². The van der Waals surface area contributed by atoms with Crippen molar-refractivity contribution in [1.82, 2.24) is 0 Å². The van der Waals surface area contributed by atoms with Gasteiger partial charge in [0.2, 0.25) is 0 Å². The molecule has 0 saturated carbocycles. The van der Waals surface area contributed by atoms with Crippen molar-refractivity contribution in [3.8, 4) is 0 Å². The molecule has 0 heterocycles. The van der Waals surface area contributed by atoms with Crippen LogP contribution < -0.4 is 0 Å². The maximum atomic E-state index is 14.1. The fourth-order valence-electron chi connectivity index (χ4n) is 2.49. The monoisotopic (exact) mass is 324 g/mol. The zero-order chi connectivity index (χ0) is 18.2. The van der Waals surface area contributed by atoms with Gasteiger partial charge in [-0.3, -0.25) is 4.79 Å². The van der Waals surface area contributed by atoms with Crippen LogP contribution in [-0.4, -0.2) is 17.7 Å². The zero-order valence-corrected chi connectivity index (χ0v) is 15.4. The van der Waals surface area contributed by atoms with E-state index >= 15 is 0 Å². The summed E-state index contributed by atoms with van der Waals surface area (Å²) in [6.07, 6.45) is -4.43. The lowest BCUT2D eigenvalue weighted by Gasteiger charge is -2.48. The molecular weight excluding hydrogens is 293 g/mol. The molecule has 2 nitrogen and oxygen atoms in total. The van der Waals surface area contributed by atoms with Crippen LogP contribution in [0.1, 0.15) is 75.2 Å². The van der Waals surface area contributed by atoms with Crippen LogP contribution in [0, 0.1) is 16.2 Å². The van der Waals surface area contributed by atoms with Gasteiger partial charge in [0, 0.05) is 0 Å². The quantitative estimate of drug-likeness (QED) is 0.615. The van der Waals surface area contributed by atoms with Gasteiger partial charge >= 0.3 is 12.1 Å². The topological polar surface area (TPSA) is 26.3 Å². The van der Waals surface area contributed by atoms with Gasteiger partial charge in [-0.2, -0.15) is 13.2 Å². The van der Waals surface area contributed by atoms with E-state index in [1.54, 1.807) is 34.6 Å². The Morgan fingerprint density at radius 1 is 0.909 bits per heavy atom. The molecule has 0 bridgehead atoms. The average Bonchev–Trinajstić information content (AvgIpc) is 2.19. The van der Waals surface area contributed by atoms with Crippen LogP contribution in [0.5, 0.6) is 0 Å². The van der Waals surface area contributed by atoms with Crippen molar-refractivity contribution < 1.29 is 22.7 Å². The summed E-state index contributed by atoms with van der Waals surface area (Å²) in [5, 5.41) is 0. The predicted molar refractivity (Wildman–Crippen MR) is 82.5 cm³/mol. The Kier molecular flexibility index (Phi) is 5.84. The highest BCUT2D eigenvalue weighted by Crippen LogP contribution is 2.58. The Labute approximate surface area is 132 Å². The molecule has 0 aliphatic heterocycles. The molecular formula is C17H31F3O2. The first-order chi connectivity index (χ1) is 9.40. The molecule has 0 aromatic heterocycles. The van der Waals surface area contributed by atoms with Gasteiger partial charge in [-0.15, -0.1) is 0 Å². The molecule has 0 N–H and O–H groups in total. The van der Waals surface area contributed by atoms with Gasteiger partial charge in [-0.05, 0) is 38.0 Å². The zero-order valence-electron chi connectivity index (χ0n) is 15.4. The Balaban J connectivity index is 6.20. The van der Waals surface area contributed by atoms with Gasteiger partial charge in [0.1, 0.15) is 5.60 Å². The molecule has 0 saturated heterocycles. The Morgan fingerprint density at radius 2 is 1.32 bits per heavy atom. The third-order valence-electron chi connectivity index (χ3n) is 4.21. The maximum Gasteiger partial charge on any atom is 0.405 e. The highest BCUT2D eigenvalue weighted by molar-refractivity contribution is 5.79. The number of alkyl halides is 3. The van der Waals surface area contributed by atoms with Crippen molar-refractivity contribution in [2.24, 2.45) is 16.2 Å². The highest BCUT2D eigenvalue weighted by Gasteiger charge is 2.68. The molecule has 0 amide bonds. The van der Waals surface area contributed by atoms with E-state index in [0.717, 1.165) is 0 Å². The van der Waals surface area contributed by atoms with Crippen molar-refractivity contribution in [3.63, 3.8) is 0 Å². The summed E-state index contributed by atoms with van der Waals surface area (Å²) in [4.78, 5) is 12.6. The van der Waals surface area contributed by atoms with E-state index in [-0.39, 0.29) is 6.42 Å². The maximum absolute atomic E-state index is 14.1. The molecule has 5 heteroatoms. The van der Waals surface area contributed by atoms with E-state index in [1.165, 1.54) is 20.8 Å². The van der Waals surface area contributed by atoms with Gasteiger partial charge in [0.15, 0.2) is 5.41 Å². The van der Waals surface area contributed by atoms with Crippen LogP contribution in [0.4, 0.5) is 13.2 Å². The lowest BCUT2D eigenvalue weighted by Crippen LogP contribution is -2.57. The molecule has 22 heavy (non-hydrogen) atoms. The smallest absolute Gasteiger partial charge is 0.405 e. The summed E-state index contributed by atoms with van der Waals surface area (Å²) in [6, 6.07) is 0. The number of halogens is 3. The lowest BCUT2D eigenvalue weighted by atomic mass is 9.58. The molecule has 132 valence electrons. The number of carbonyl (C=O) groups excluding carboxylic acids is 1. The summed E-state index contributed by atoms with van der Waals surface area (Å²) in [5.74, 6) is -1.18. The summed E-state index contributed by atoms with van der Waals surface area (Å²) >= 11 is 0. The molecule has 0 aliphatic carbocycles. The van der Waals surface area contributed by atoms with Gasteiger partial charge in [-0.25, -0.2) is 0 Å². The van der Waals surface area contributed by atoms with Crippen LogP contribution in [0.3, 0.4) is 0 Å². The van der Waals surface area contributed by atoms with Crippen molar-refractivity contribution >= 4 is 5.97 Å². The van der Waals surface area contributed by atoms with Crippen LogP contribution in [0.15, 0.2) is 0 Å². The molecule has 1 unspecified atom stereocenters. The number of rotatable bonds is 4. The number of carbonyl (C=O) groups is 1. The average molecular weight is 324 g/mol. The fraction of sp³-hybridized carbons (Fsp3) is 0.941. The first kappa shape index (κ1) is 21.3. The Bertz CT molecular complexity index is 382. The van der Waals surface area contributed by atoms with Crippen LogP contribution in [-0.2, 0) is 9.53 Å². The summed E-state index contributed by atoms with van der Waals surface area (Å²) < 4.78 is 47.4. The van der Waals surface area contributed by atoms with Crippen molar-refractivity contribution in [3.05, 3.63) is 0 Å². The molecule has 0 spiro atoms. The molecule has 0 aromatic carbocycles. The second kappa shape index (κ2) is 6.04. The van der Waals surface area contributed by atoms with Gasteiger partial charge in [0.25, 0.3) is 0 Å². The van der Waals surface area contributed by atoms with E-state index in [0.29, 0.717) is 6.42 Å². The first-order valence-electron chi connectivity index (χ1n) is 7.70. The van der Waals surface area contributed by atoms with Crippen LogP contribution >= 0.6 is 0 Å². The van der Waals surface area contributed by atoms with E-state index < -0.39 is 34.0 Å². The van der Waals surface area contributed by atoms with E-state index in [2.05, 4.69) is 0 Å². The summed E-state index contributed by atoms with van der Waals surface area (Å²) in [7, 11) is 0. The SMILES string of the molecule is CCC(C)(C)CC(C(=O)OC(C)(C)C)(C(C)(C)C)C(F)(F)F. The highest BCUT2D eigenvalue weighted by atomic mass is 19.4. The fourth-order valence-corrected chi connectivity index (χ4v) is 2.49. The number of ether oxygens (including phenoxy) is 1. The lowest BCUT2D eigenvalue weighted by molar-refractivity contribution is -0.274. The molecule has 1 atom stereocenters. The molecule has 0 aromatic rings. The summed E-state index contributed by atoms with van der Waals surface area (Å²) in [6.45, 7) is 14.5. The third-order valence-corrected chi connectivity index (χ3v) is 4.21. The predicted octanol–water partition coefficient (Wildman–Crippen LogP) is 5.75. The van der Waals surface area contributed by atoms with E-state index in [9.17, 15) is 18.0 Å². The number of hydrogen-bond donors (Lipinski definition) is 0. The minimum absolute atomic E-state index is 0.293. The Morgan fingerprint density at radius 3 is 1.55 bits per heavy atom. The minimum atomic E-state index is -4.68. The van der Waals surface area contributed by atoms with Crippen LogP contribution in [0.25, 0.3) is 0 Å². The first-order valence-corrected chi connectivity index (χ1v) is 7.70. The van der Waals surface area contributed by atoms with Gasteiger partial charge in [0.05, 0.1) is 0 Å². The van der Waals surface area contributed by atoms with Crippen LogP contribution in [0.2, 0.25) is 0 Å². The van der Waals surface area contributed by atoms with E-state index in [1.807, 2.05) is 6.92 Å². The van der Waals surface area contributed by atoms with Gasteiger partial charge < -0.3 is 4.74 Å². The largest absolute Gasteiger partial charge is 0.459 e. The second-order valence-corrected chi connectivity index (χ2v) is 8.85. The van der Waals surface area contributed by atoms with Crippen molar-refractivity contribution in [1.29, 1.82) is 0 Å². The summed E-state index contributed by atoms with van der Waals surface area (Å²) in [5.41, 5.74) is -5.43. The molecule has 0 rings (SSSR count). The second-order valence-electron chi connectivity index (χ2n) is 8.85. The number of esters is 1. The molecule has 0 radical (unpaired) electrons. The minimum Gasteiger partial charge on any atom is -0.459 e. The third kappa shape index (κ3) is 4.63. The van der Waals surface area contributed by atoms with E-state index in [4.69, 9.17) is 4.74 Å². The number of hydrogen-bond acceptors (Lipinski definition) is 2. The normalized spacial score (nSPS) is 17.1.